The molecule has 9 heteroatoms. The van der Waals surface area contributed by atoms with E-state index in [9.17, 15) is 24.3 Å². The Hall–Kier alpha value is -2.94. The Morgan fingerprint density at radius 3 is 2.35 bits per heavy atom. The van der Waals surface area contributed by atoms with E-state index >= 15 is 0 Å². The maximum atomic E-state index is 12.8. The molecule has 1 unspecified atom stereocenters. The van der Waals surface area contributed by atoms with Crippen LogP contribution in [0.2, 0.25) is 0 Å². The molecule has 2 N–H and O–H groups in total. The number of hydrogen-bond acceptors (Lipinski definition) is 6. The first kappa shape index (κ1) is 17.9. The summed E-state index contributed by atoms with van der Waals surface area (Å²) in [5.41, 5.74) is -0.248. The number of phenols is 1. The lowest BCUT2D eigenvalue weighted by Crippen LogP contribution is -2.53. The van der Waals surface area contributed by atoms with Gasteiger partial charge in [0.25, 0.3) is 5.91 Å². The summed E-state index contributed by atoms with van der Waals surface area (Å²) in [6, 6.07) is 2.98. The number of aromatic carboxylic acids is 1. The number of piperazine rings is 1. The van der Waals surface area contributed by atoms with Crippen molar-refractivity contribution >= 4 is 29.4 Å². The lowest BCUT2D eigenvalue weighted by molar-refractivity contribution is -0.131. The highest BCUT2D eigenvalue weighted by Gasteiger charge is 2.43. The first-order valence-corrected chi connectivity index (χ1v) is 8.22. The lowest BCUT2D eigenvalue weighted by Gasteiger charge is -2.36. The number of carboxylic acids is 1. The number of carboxylic acid groups (broad SMARTS) is 1. The molecule has 26 heavy (non-hydrogen) atoms. The van der Waals surface area contributed by atoms with E-state index in [-0.39, 0.29) is 23.6 Å². The summed E-state index contributed by atoms with van der Waals surface area (Å²) in [5, 5.41) is 18.7. The molecule has 0 aliphatic carbocycles. The Bertz CT molecular complexity index is 785. The number of rotatable bonds is 3. The minimum absolute atomic E-state index is 0.00217. The van der Waals surface area contributed by atoms with Crippen LogP contribution in [0.25, 0.3) is 0 Å². The summed E-state index contributed by atoms with van der Waals surface area (Å²) in [6.45, 7) is 3.47. The van der Waals surface area contributed by atoms with Crippen molar-refractivity contribution in [1.82, 2.24) is 9.80 Å². The van der Waals surface area contributed by atoms with Crippen molar-refractivity contribution in [3.63, 3.8) is 0 Å². The molecule has 138 valence electrons. The summed E-state index contributed by atoms with van der Waals surface area (Å²) in [4.78, 5) is 52.2. The molecule has 2 aliphatic rings. The fourth-order valence-corrected chi connectivity index (χ4v) is 3.36. The maximum absolute atomic E-state index is 12.8. The van der Waals surface area contributed by atoms with Crippen molar-refractivity contribution in [1.29, 1.82) is 0 Å². The Kier molecular flexibility index (Phi) is 4.64. The quantitative estimate of drug-likeness (QED) is 0.721. The third-order valence-electron chi connectivity index (χ3n) is 4.79. The Morgan fingerprint density at radius 2 is 1.77 bits per heavy atom. The van der Waals surface area contributed by atoms with Crippen molar-refractivity contribution in [2.45, 2.75) is 19.4 Å². The standard InChI is InChI=1S/C17H19N3O6/c1-10(21)18-4-6-19(7-5-18)13-9-15(23)20(16(13)24)11-2-3-14(22)12(8-11)17(25)26/h2-3,8,13,22H,4-7,9H2,1H3,(H,25,26). The van der Waals surface area contributed by atoms with Crippen molar-refractivity contribution < 1.29 is 29.4 Å². The van der Waals surface area contributed by atoms with E-state index in [1.165, 1.54) is 13.0 Å². The molecular weight excluding hydrogens is 342 g/mol. The first-order valence-electron chi connectivity index (χ1n) is 8.22. The van der Waals surface area contributed by atoms with Gasteiger partial charge in [0.15, 0.2) is 0 Å². The van der Waals surface area contributed by atoms with E-state index in [0.29, 0.717) is 26.2 Å². The van der Waals surface area contributed by atoms with Gasteiger partial charge in [-0.1, -0.05) is 0 Å². The summed E-state index contributed by atoms with van der Waals surface area (Å²) < 4.78 is 0. The van der Waals surface area contributed by atoms with E-state index in [1.807, 2.05) is 4.90 Å². The van der Waals surface area contributed by atoms with Crippen molar-refractivity contribution in [2.75, 3.05) is 31.1 Å². The minimum Gasteiger partial charge on any atom is -0.507 e. The predicted molar refractivity (Wildman–Crippen MR) is 89.8 cm³/mol. The van der Waals surface area contributed by atoms with E-state index < -0.39 is 29.6 Å². The summed E-state index contributed by atoms with van der Waals surface area (Å²) in [7, 11) is 0. The van der Waals surface area contributed by atoms with Crippen LogP contribution in [0.4, 0.5) is 5.69 Å². The first-order chi connectivity index (χ1) is 12.3. The van der Waals surface area contributed by atoms with Crippen LogP contribution in [0.15, 0.2) is 18.2 Å². The SMILES string of the molecule is CC(=O)N1CCN(C2CC(=O)N(c3ccc(O)c(C(=O)O)c3)C2=O)CC1. The molecule has 2 aliphatic heterocycles. The van der Waals surface area contributed by atoms with Crippen molar-refractivity contribution in [2.24, 2.45) is 0 Å². The summed E-state index contributed by atoms with van der Waals surface area (Å²) in [5.74, 6) is -2.65. The molecule has 2 heterocycles. The number of hydrogen-bond donors (Lipinski definition) is 2. The highest BCUT2D eigenvalue weighted by Crippen LogP contribution is 2.30. The molecule has 0 aromatic heterocycles. The lowest BCUT2D eigenvalue weighted by atomic mass is 10.1. The second-order valence-corrected chi connectivity index (χ2v) is 6.34. The topological polar surface area (TPSA) is 118 Å². The average molecular weight is 361 g/mol. The second-order valence-electron chi connectivity index (χ2n) is 6.34. The van der Waals surface area contributed by atoms with Crippen LogP contribution in [-0.2, 0) is 14.4 Å². The number of nitrogens with zero attached hydrogens (tertiary/aromatic N) is 3. The van der Waals surface area contributed by atoms with Crippen LogP contribution in [0.1, 0.15) is 23.7 Å². The van der Waals surface area contributed by atoms with Crippen molar-refractivity contribution in [3.8, 4) is 5.75 Å². The molecule has 0 saturated carbocycles. The smallest absolute Gasteiger partial charge is 0.339 e. The number of imide groups is 1. The van der Waals surface area contributed by atoms with Gasteiger partial charge in [0.1, 0.15) is 11.3 Å². The van der Waals surface area contributed by atoms with Gasteiger partial charge < -0.3 is 15.1 Å². The molecule has 1 aromatic rings. The van der Waals surface area contributed by atoms with Gasteiger partial charge in [0, 0.05) is 33.1 Å². The molecular formula is C17H19N3O6. The van der Waals surface area contributed by atoms with Crippen molar-refractivity contribution in [3.05, 3.63) is 23.8 Å². The third kappa shape index (κ3) is 3.13. The van der Waals surface area contributed by atoms with Gasteiger partial charge >= 0.3 is 5.97 Å². The van der Waals surface area contributed by atoms with Gasteiger partial charge in [-0.3, -0.25) is 19.3 Å². The van der Waals surface area contributed by atoms with Gasteiger partial charge in [-0.15, -0.1) is 0 Å². The Morgan fingerprint density at radius 1 is 1.12 bits per heavy atom. The largest absolute Gasteiger partial charge is 0.507 e. The molecule has 2 fully saturated rings. The van der Waals surface area contributed by atoms with E-state index in [2.05, 4.69) is 0 Å². The van der Waals surface area contributed by atoms with E-state index in [0.717, 1.165) is 17.0 Å². The van der Waals surface area contributed by atoms with Gasteiger partial charge in [-0.25, -0.2) is 9.69 Å². The number of amides is 3. The molecule has 1 atom stereocenters. The molecule has 3 amide bonds. The zero-order chi connectivity index (χ0) is 19.0. The molecule has 0 radical (unpaired) electrons. The fraction of sp³-hybridized carbons (Fsp3) is 0.412. The minimum atomic E-state index is -1.35. The van der Waals surface area contributed by atoms with Crippen LogP contribution in [0, 0.1) is 0 Å². The highest BCUT2D eigenvalue weighted by atomic mass is 16.4. The monoisotopic (exact) mass is 361 g/mol. The van der Waals surface area contributed by atoms with E-state index in [1.54, 1.807) is 4.90 Å². The molecule has 2 saturated heterocycles. The maximum Gasteiger partial charge on any atom is 0.339 e. The zero-order valence-corrected chi connectivity index (χ0v) is 14.2. The van der Waals surface area contributed by atoms with Gasteiger partial charge in [0.2, 0.25) is 11.8 Å². The average Bonchev–Trinajstić information content (AvgIpc) is 2.90. The van der Waals surface area contributed by atoms with Crippen LogP contribution < -0.4 is 4.90 Å². The summed E-state index contributed by atoms with van der Waals surface area (Å²) in [6.07, 6.45) is 0.00217. The Balaban J connectivity index is 1.79. The van der Waals surface area contributed by atoms with E-state index in [4.69, 9.17) is 5.11 Å². The second kappa shape index (κ2) is 6.75. The van der Waals surface area contributed by atoms with Gasteiger partial charge in [-0.05, 0) is 18.2 Å². The molecule has 3 rings (SSSR count). The number of anilines is 1. The number of carbonyl (C=O) groups is 4. The summed E-state index contributed by atoms with van der Waals surface area (Å²) >= 11 is 0. The zero-order valence-electron chi connectivity index (χ0n) is 14.2. The van der Waals surface area contributed by atoms with Crippen LogP contribution in [0.5, 0.6) is 5.75 Å². The van der Waals surface area contributed by atoms with Gasteiger partial charge in [0.05, 0.1) is 18.2 Å². The number of carbonyl (C=O) groups excluding carboxylic acids is 3. The van der Waals surface area contributed by atoms with Crippen LogP contribution in [-0.4, -0.2) is 75.9 Å². The molecule has 1 aromatic carbocycles. The molecule has 0 spiro atoms. The highest BCUT2D eigenvalue weighted by molar-refractivity contribution is 6.22. The van der Waals surface area contributed by atoms with Gasteiger partial charge in [-0.2, -0.15) is 0 Å². The van der Waals surface area contributed by atoms with Crippen LogP contribution in [0.3, 0.4) is 0 Å². The Labute approximate surface area is 149 Å². The number of aromatic hydroxyl groups is 1. The third-order valence-corrected chi connectivity index (χ3v) is 4.79. The molecule has 0 bridgehead atoms. The predicted octanol–water partition coefficient (Wildman–Crippen LogP) is -0.114. The van der Waals surface area contributed by atoms with Crippen LogP contribution >= 0.6 is 0 Å². The number of benzene rings is 1. The fourth-order valence-electron chi connectivity index (χ4n) is 3.36. The normalized spacial score (nSPS) is 21.3. The molecule has 9 nitrogen and oxygen atoms in total.